The standard InChI is InChI=1S/C28H23NO5/c1-17-12-21(33-26(30)13-18-8-10-20(32-3)11-9-18)15-24-27(17)28(31)25(34-24)14-19-16-29(2)23-7-5-4-6-22(19)23/h4-12,14-16H,13H2,1-3H3/b25-14-. The molecule has 0 saturated carbocycles. The Bertz CT molecular complexity index is 1460. The number of rotatable bonds is 5. The van der Waals surface area contributed by atoms with E-state index >= 15 is 0 Å². The summed E-state index contributed by atoms with van der Waals surface area (Å²) in [7, 11) is 3.56. The molecule has 0 N–H and O–H groups in total. The molecule has 6 heteroatoms. The third kappa shape index (κ3) is 3.94. The van der Waals surface area contributed by atoms with Gasteiger partial charge < -0.3 is 18.8 Å². The van der Waals surface area contributed by atoms with Crippen LogP contribution in [0, 0.1) is 6.92 Å². The van der Waals surface area contributed by atoms with E-state index in [0.717, 1.165) is 27.8 Å². The number of fused-ring (bicyclic) bond motifs is 2. The van der Waals surface area contributed by atoms with Gasteiger partial charge in [-0.05, 0) is 48.4 Å². The highest BCUT2D eigenvalue weighted by Crippen LogP contribution is 2.38. The Morgan fingerprint density at radius 2 is 1.82 bits per heavy atom. The highest BCUT2D eigenvalue weighted by Gasteiger charge is 2.30. The molecule has 170 valence electrons. The van der Waals surface area contributed by atoms with Gasteiger partial charge in [0.25, 0.3) is 0 Å². The van der Waals surface area contributed by atoms with Crippen LogP contribution in [0.2, 0.25) is 0 Å². The lowest BCUT2D eigenvalue weighted by molar-refractivity contribution is -0.133. The van der Waals surface area contributed by atoms with Crippen LogP contribution in [0.1, 0.15) is 27.0 Å². The van der Waals surface area contributed by atoms with E-state index in [0.29, 0.717) is 22.6 Å². The summed E-state index contributed by atoms with van der Waals surface area (Å²) in [6, 6.07) is 18.5. The van der Waals surface area contributed by atoms with Crippen molar-refractivity contribution in [1.29, 1.82) is 0 Å². The summed E-state index contributed by atoms with van der Waals surface area (Å²) in [4.78, 5) is 25.5. The number of benzene rings is 3. The summed E-state index contributed by atoms with van der Waals surface area (Å²) >= 11 is 0. The van der Waals surface area contributed by atoms with Crippen LogP contribution >= 0.6 is 0 Å². The van der Waals surface area contributed by atoms with E-state index in [9.17, 15) is 9.59 Å². The van der Waals surface area contributed by atoms with Crippen LogP contribution in [0.4, 0.5) is 0 Å². The average Bonchev–Trinajstić information content (AvgIpc) is 3.31. The highest BCUT2D eigenvalue weighted by molar-refractivity contribution is 6.16. The number of aryl methyl sites for hydroxylation is 2. The monoisotopic (exact) mass is 453 g/mol. The Hall–Kier alpha value is -4.32. The van der Waals surface area contributed by atoms with Crippen molar-refractivity contribution in [3.05, 3.63) is 94.9 Å². The van der Waals surface area contributed by atoms with Gasteiger partial charge in [0.05, 0.1) is 19.1 Å². The second kappa shape index (κ2) is 8.56. The summed E-state index contributed by atoms with van der Waals surface area (Å²) in [5, 5.41) is 1.04. The normalized spacial score (nSPS) is 13.7. The zero-order valence-electron chi connectivity index (χ0n) is 19.1. The van der Waals surface area contributed by atoms with Gasteiger partial charge >= 0.3 is 5.97 Å². The minimum absolute atomic E-state index is 0.117. The Labute approximate surface area is 197 Å². The summed E-state index contributed by atoms with van der Waals surface area (Å²) in [6.45, 7) is 1.81. The number of carbonyl (C=O) groups excluding carboxylic acids is 2. The maximum atomic E-state index is 13.1. The van der Waals surface area contributed by atoms with E-state index in [2.05, 4.69) is 0 Å². The quantitative estimate of drug-likeness (QED) is 0.234. The van der Waals surface area contributed by atoms with Gasteiger partial charge in [0.2, 0.25) is 5.78 Å². The van der Waals surface area contributed by atoms with Crippen molar-refractivity contribution >= 4 is 28.7 Å². The van der Waals surface area contributed by atoms with Crippen LogP contribution in [0.3, 0.4) is 0 Å². The number of ketones is 1. The molecule has 5 rings (SSSR count). The number of carbonyl (C=O) groups is 2. The number of allylic oxidation sites excluding steroid dienone is 1. The molecule has 0 aliphatic carbocycles. The first-order chi connectivity index (χ1) is 16.4. The van der Waals surface area contributed by atoms with Crippen LogP contribution in [-0.4, -0.2) is 23.4 Å². The third-order valence-corrected chi connectivity index (χ3v) is 5.90. The molecule has 0 fully saturated rings. The van der Waals surface area contributed by atoms with E-state index in [-0.39, 0.29) is 18.0 Å². The largest absolute Gasteiger partial charge is 0.497 e. The summed E-state index contributed by atoms with van der Waals surface area (Å²) in [5.74, 6) is 1.12. The highest BCUT2D eigenvalue weighted by atomic mass is 16.5. The van der Waals surface area contributed by atoms with E-state index in [4.69, 9.17) is 14.2 Å². The molecule has 0 atom stereocenters. The summed E-state index contributed by atoms with van der Waals surface area (Å²) in [5.41, 5.74) is 3.96. The van der Waals surface area contributed by atoms with E-state index < -0.39 is 5.97 Å². The lowest BCUT2D eigenvalue weighted by Crippen LogP contribution is -2.11. The number of ether oxygens (including phenoxy) is 3. The van der Waals surface area contributed by atoms with Gasteiger partial charge in [0.15, 0.2) is 5.76 Å². The van der Waals surface area contributed by atoms with Gasteiger partial charge in [-0.3, -0.25) is 9.59 Å². The number of aromatic nitrogens is 1. The van der Waals surface area contributed by atoms with Crippen LogP contribution in [0.5, 0.6) is 17.2 Å². The third-order valence-electron chi connectivity index (χ3n) is 5.90. The molecular formula is C28H23NO5. The zero-order valence-corrected chi connectivity index (χ0v) is 19.1. The fourth-order valence-electron chi connectivity index (χ4n) is 4.24. The molecule has 4 aromatic rings. The Kier molecular flexibility index (Phi) is 5.42. The van der Waals surface area contributed by atoms with Gasteiger partial charge in [0.1, 0.15) is 17.2 Å². The van der Waals surface area contributed by atoms with Crippen LogP contribution in [0.15, 0.2) is 72.6 Å². The molecule has 0 radical (unpaired) electrons. The van der Waals surface area contributed by atoms with Crippen LogP contribution < -0.4 is 14.2 Å². The molecule has 1 aromatic heterocycles. The molecule has 34 heavy (non-hydrogen) atoms. The van der Waals surface area contributed by atoms with E-state index in [1.165, 1.54) is 0 Å². The number of esters is 1. The van der Waals surface area contributed by atoms with Gasteiger partial charge in [-0.25, -0.2) is 0 Å². The molecule has 0 unspecified atom stereocenters. The Morgan fingerprint density at radius 3 is 2.59 bits per heavy atom. The minimum atomic E-state index is -0.402. The lowest BCUT2D eigenvalue weighted by Gasteiger charge is -2.08. The first kappa shape index (κ1) is 21.5. The Balaban J connectivity index is 1.37. The van der Waals surface area contributed by atoms with Crippen molar-refractivity contribution in [3.8, 4) is 17.2 Å². The van der Waals surface area contributed by atoms with Crippen LogP contribution in [0.25, 0.3) is 17.0 Å². The maximum absolute atomic E-state index is 13.1. The maximum Gasteiger partial charge on any atom is 0.315 e. The van der Waals surface area contributed by atoms with Crippen LogP contribution in [-0.2, 0) is 18.3 Å². The molecule has 2 heterocycles. The second-order valence-corrected chi connectivity index (χ2v) is 8.26. The van der Waals surface area contributed by atoms with Crippen molar-refractivity contribution < 1.29 is 23.8 Å². The molecule has 0 bridgehead atoms. The molecule has 0 saturated heterocycles. The summed E-state index contributed by atoms with van der Waals surface area (Å²) < 4.78 is 18.6. The lowest BCUT2D eigenvalue weighted by atomic mass is 10.0. The molecule has 0 spiro atoms. The number of methoxy groups -OCH3 is 1. The molecule has 6 nitrogen and oxygen atoms in total. The summed E-state index contributed by atoms with van der Waals surface area (Å²) in [6.07, 6.45) is 3.85. The van der Waals surface area contributed by atoms with Gasteiger partial charge in [-0.15, -0.1) is 0 Å². The van der Waals surface area contributed by atoms with Gasteiger partial charge in [0, 0.05) is 35.8 Å². The average molecular weight is 453 g/mol. The van der Waals surface area contributed by atoms with Crippen molar-refractivity contribution in [1.82, 2.24) is 4.57 Å². The zero-order chi connectivity index (χ0) is 23.8. The minimum Gasteiger partial charge on any atom is -0.497 e. The van der Waals surface area contributed by atoms with Crippen molar-refractivity contribution in [2.24, 2.45) is 7.05 Å². The van der Waals surface area contributed by atoms with Crippen molar-refractivity contribution in [2.75, 3.05) is 7.11 Å². The molecule has 1 aliphatic rings. The first-order valence-corrected chi connectivity index (χ1v) is 10.9. The number of nitrogens with zero attached hydrogens (tertiary/aromatic N) is 1. The van der Waals surface area contributed by atoms with E-state index in [1.54, 1.807) is 37.5 Å². The smallest absolute Gasteiger partial charge is 0.315 e. The van der Waals surface area contributed by atoms with Crippen molar-refractivity contribution in [2.45, 2.75) is 13.3 Å². The first-order valence-electron chi connectivity index (χ1n) is 10.9. The number of Topliss-reactive ketones (excluding diaryl/α,β-unsaturated/α-hetero) is 1. The van der Waals surface area contributed by atoms with Crippen molar-refractivity contribution in [3.63, 3.8) is 0 Å². The second-order valence-electron chi connectivity index (χ2n) is 8.26. The SMILES string of the molecule is COc1ccc(CC(=O)Oc2cc(C)c3c(c2)O/C(=C\c2cn(C)c4ccccc24)C3=O)cc1. The molecule has 3 aromatic carbocycles. The fraction of sp³-hybridized carbons (Fsp3) is 0.143. The molecule has 1 aliphatic heterocycles. The number of hydrogen-bond donors (Lipinski definition) is 0. The number of hydrogen-bond acceptors (Lipinski definition) is 5. The topological polar surface area (TPSA) is 66.8 Å². The molecule has 0 amide bonds. The predicted molar refractivity (Wildman–Crippen MR) is 129 cm³/mol. The van der Waals surface area contributed by atoms with Gasteiger partial charge in [-0.1, -0.05) is 30.3 Å². The molecular weight excluding hydrogens is 430 g/mol. The fourth-order valence-corrected chi connectivity index (χ4v) is 4.24. The van der Waals surface area contributed by atoms with E-state index in [1.807, 2.05) is 61.1 Å². The number of para-hydroxylation sites is 1. The Morgan fingerprint density at radius 1 is 1.06 bits per heavy atom. The predicted octanol–water partition coefficient (Wildman–Crippen LogP) is 5.26. The van der Waals surface area contributed by atoms with Gasteiger partial charge in [-0.2, -0.15) is 0 Å².